The third-order valence-electron chi connectivity index (χ3n) is 5.31. The predicted octanol–water partition coefficient (Wildman–Crippen LogP) is 3.31. The second-order valence-corrected chi connectivity index (χ2v) is 9.43. The number of ether oxygens (including phenoxy) is 2. The molecule has 1 saturated heterocycles. The Morgan fingerprint density at radius 1 is 1.12 bits per heavy atom. The lowest BCUT2D eigenvalue weighted by atomic mass is 9.97. The minimum Gasteiger partial charge on any atom is -0.491 e. The maximum atomic E-state index is 14.1. The smallest absolute Gasteiger partial charge is 0.190 e. The molecular weight excluding hydrogens is 515 g/mol. The number of hydrogen-bond donors (Lipinski definition) is 3. The minimum absolute atomic E-state index is 0.0820. The van der Waals surface area contributed by atoms with Crippen LogP contribution in [0.3, 0.4) is 0 Å². The van der Waals surface area contributed by atoms with E-state index in [-0.39, 0.29) is 11.3 Å². The summed E-state index contributed by atoms with van der Waals surface area (Å²) in [6.07, 6.45) is -2.38. The number of methoxy groups -OCH3 is 1. The van der Waals surface area contributed by atoms with Crippen molar-refractivity contribution in [2.75, 3.05) is 13.7 Å². The van der Waals surface area contributed by atoms with Gasteiger partial charge >= 0.3 is 0 Å². The highest BCUT2D eigenvalue weighted by Gasteiger charge is 2.46. The molecule has 182 valence electrons. The van der Waals surface area contributed by atoms with Crippen molar-refractivity contribution in [1.82, 2.24) is 15.0 Å². The second-order valence-electron chi connectivity index (χ2n) is 7.45. The lowest BCUT2D eigenvalue weighted by Gasteiger charge is -2.41. The maximum Gasteiger partial charge on any atom is 0.190 e. The highest BCUT2D eigenvalue weighted by atomic mass is 35.5. The Morgan fingerprint density at radius 3 is 2.44 bits per heavy atom. The summed E-state index contributed by atoms with van der Waals surface area (Å²) in [7, 11) is 1.15. The highest BCUT2D eigenvalue weighted by Crippen LogP contribution is 2.39. The van der Waals surface area contributed by atoms with Crippen LogP contribution in [-0.2, 0) is 4.74 Å². The molecule has 5 unspecified atom stereocenters. The molecule has 0 bridgehead atoms. The molecule has 34 heavy (non-hydrogen) atoms. The van der Waals surface area contributed by atoms with Gasteiger partial charge in [0, 0.05) is 10.5 Å². The summed E-state index contributed by atoms with van der Waals surface area (Å²) in [6.45, 7) is -0.528. The molecule has 3 N–H and O–H groups in total. The highest BCUT2D eigenvalue weighted by molar-refractivity contribution is 7.99. The fraction of sp³-hybridized carbons (Fsp3) is 0.333. The van der Waals surface area contributed by atoms with E-state index < -0.39 is 53.8 Å². The van der Waals surface area contributed by atoms with Crippen LogP contribution in [0.2, 0.25) is 10.0 Å². The van der Waals surface area contributed by atoms with E-state index in [1.165, 1.54) is 10.9 Å². The van der Waals surface area contributed by atoms with Gasteiger partial charge < -0.3 is 24.8 Å². The van der Waals surface area contributed by atoms with Crippen molar-refractivity contribution in [3.8, 4) is 17.0 Å². The van der Waals surface area contributed by atoms with Crippen LogP contribution < -0.4 is 4.74 Å². The van der Waals surface area contributed by atoms with Gasteiger partial charge in [-0.3, -0.25) is 0 Å². The monoisotopic (exact) mass is 533 g/mol. The molecule has 0 radical (unpaired) electrons. The van der Waals surface area contributed by atoms with Crippen molar-refractivity contribution in [3.63, 3.8) is 0 Å². The number of aromatic nitrogens is 3. The standard InChI is InChI=1S/C21H19Cl2F2N3O5S/c1-32-20-13(24)4-9(5-14(20)25)15-7-28(27-26-15)17-18(30)16(8-29)33-21(19(17)31)34-10-2-3-11(22)12(23)6-10/h2-7,16-19,21,29-31H,8H2,1H3. The number of rotatable bonds is 6. The molecule has 0 amide bonds. The first-order valence-electron chi connectivity index (χ1n) is 9.93. The van der Waals surface area contributed by atoms with Crippen molar-refractivity contribution >= 4 is 35.0 Å². The molecule has 13 heteroatoms. The van der Waals surface area contributed by atoms with E-state index in [1.54, 1.807) is 18.2 Å². The van der Waals surface area contributed by atoms with E-state index in [0.29, 0.717) is 14.9 Å². The summed E-state index contributed by atoms with van der Waals surface area (Å²) in [4.78, 5) is 0.633. The predicted molar refractivity (Wildman–Crippen MR) is 121 cm³/mol. The van der Waals surface area contributed by atoms with E-state index in [2.05, 4.69) is 15.0 Å². The summed E-state index contributed by atoms with van der Waals surface area (Å²) in [5.74, 6) is -2.37. The molecule has 1 aromatic heterocycles. The molecule has 1 aliphatic rings. The number of hydrogen-bond acceptors (Lipinski definition) is 8. The Morgan fingerprint density at radius 2 is 1.82 bits per heavy atom. The molecular formula is C21H19Cl2F2N3O5S. The van der Waals surface area contributed by atoms with Crippen LogP contribution in [0.25, 0.3) is 11.3 Å². The number of halogens is 4. The van der Waals surface area contributed by atoms with Gasteiger partial charge in [-0.1, -0.05) is 40.2 Å². The van der Waals surface area contributed by atoms with E-state index in [4.69, 9.17) is 27.9 Å². The van der Waals surface area contributed by atoms with Crippen molar-refractivity contribution < 1.29 is 33.6 Å². The van der Waals surface area contributed by atoms with Gasteiger partial charge in [0.05, 0.1) is 30.0 Å². The third kappa shape index (κ3) is 4.87. The number of aliphatic hydroxyl groups is 3. The zero-order valence-electron chi connectivity index (χ0n) is 17.5. The summed E-state index contributed by atoms with van der Waals surface area (Å²) in [5.41, 5.74) is -0.745. The van der Waals surface area contributed by atoms with Gasteiger partial charge in [-0.2, -0.15) is 0 Å². The number of benzene rings is 2. The molecule has 8 nitrogen and oxygen atoms in total. The SMILES string of the molecule is COc1c(F)cc(-c2cn(C3C(O)C(CO)OC(Sc4ccc(Cl)c(Cl)c4)C3O)nn2)cc1F. The third-order valence-corrected chi connectivity index (χ3v) is 7.19. The molecule has 0 aliphatic carbocycles. The summed E-state index contributed by atoms with van der Waals surface area (Å²) in [5, 5.41) is 40.0. The zero-order chi connectivity index (χ0) is 24.6. The van der Waals surface area contributed by atoms with E-state index in [1.807, 2.05) is 0 Å². The van der Waals surface area contributed by atoms with Crippen LogP contribution in [-0.4, -0.2) is 67.8 Å². The second kappa shape index (κ2) is 10.3. The van der Waals surface area contributed by atoms with Crippen LogP contribution in [0.1, 0.15) is 6.04 Å². The van der Waals surface area contributed by atoms with Crippen LogP contribution in [0, 0.1) is 11.6 Å². The molecule has 0 spiro atoms. The van der Waals surface area contributed by atoms with Gasteiger partial charge in [0.25, 0.3) is 0 Å². The van der Waals surface area contributed by atoms with Crippen LogP contribution >= 0.6 is 35.0 Å². The minimum atomic E-state index is -1.36. The van der Waals surface area contributed by atoms with Crippen molar-refractivity contribution in [2.24, 2.45) is 0 Å². The number of aliphatic hydroxyl groups excluding tert-OH is 3. The Balaban J connectivity index is 1.63. The largest absolute Gasteiger partial charge is 0.491 e. The first-order valence-corrected chi connectivity index (χ1v) is 11.6. The lowest BCUT2D eigenvalue weighted by molar-refractivity contribution is -0.178. The fourth-order valence-electron chi connectivity index (χ4n) is 3.62. The normalized spacial score (nSPS) is 24.9. The Kier molecular flexibility index (Phi) is 7.63. The molecule has 4 rings (SSSR count). The van der Waals surface area contributed by atoms with Crippen LogP contribution in [0.15, 0.2) is 41.4 Å². The molecule has 1 fully saturated rings. The van der Waals surface area contributed by atoms with E-state index in [9.17, 15) is 24.1 Å². The summed E-state index contributed by atoms with van der Waals surface area (Å²) in [6, 6.07) is 5.86. The maximum absolute atomic E-state index is 14.1. The molecule has 2 aromatic carbocycles. The van der Waals surface area contributed by atoms with E-state index in [0.717, 1.165) is 31.0 Å². The lowest BCUT2D eigenvalue weighted by Crippen LogP contribution is -2.55. The van der Waals surface area contributed by atoms with Gasteiger partial charge in [0.2, 0.25) is 0 Å². The van der Waals surface area contributed by atoms with Gasteiger partial charge in [0.15, 0.2) is 17.4 Å². The molecule has 1 aliphatic heterocycles. The van der Waals surface area contributed by atoms with Gasteiger partial charge in [0.1, 0.15) is 35.5 Å². The number of nitrogens with zero attached hydrogens (tertiary/aromatic N) is 3. The van der Waals surface area contributed by atoms with Crippen molar-refractivity contribution in [3.05, 3.63) is 58.2 Å². The average molecular weight is 534 g/mol. The van der Waals surface area contributed by atoms with Gasteiger partial charge in [-0.05, 0) is 30.3 Å². The van der Waals surface area contributed by atoms with Crippen molar-refractivity contribution in [2.45, 2.75) is 34.7 Å². The molecule has 2 heterocycles. The first kappa shape index (κ1) is 25.1. The summed E-state index contributed by atoms with van der Waals surface area (Å²) >= 11 is 13.1. The summed E-state index contributed by atoms with van der Waals surface area (Å²) < 4.78 is 39.8. The molecule has 0 saturated carbocycles. The van der Waals surface area contributed by atoms with Crippen LogP contribution in [0.5, 0.6) is 5.75 Å². The van der Waals surface area contributed by atoms with Gasteiger partial charge in [-0.25, -0.2) is 13.5 Å². The zero-order valence-corrected chi connectivity index (χ0v) is 19.8. The first-order chi connectivity index (χ1) is 16.2. The Hall–Kier alpha value is -1.99. The topological polar surface area (TPSA) is 110 Å². The number of thioether (sulfide) groups is 1. The Bertz CT molecular complexity index is 1160. The average Bonchev–Trinajstić information content (AvgIpc) is 3.28. The van der Waals surface area contributed by atoms with Crippen molar-refractivity contribution in [1.29, 1.82) is 0 Å². The fourth-order valence-corrected chi connectivity index (χ4v) is 5.08. The quantitative estimate of drug-likeness (QED) is 0.442. The van der Waals surface area contributed by atoms with E-state index >= 15 is 0 Å². The molecule has 3 aromatic rings. The molecule has 5 atom stereocenters. The Labute approximate surface area is 207 Å². The van der Waals surface area contributed by atoms with Gasteiger partial charge in [-0.15, -0.1) is 5.10 Å². The van der Waals surface area contributed by atoms with Crippen LogP contribution in [0.4, 0.5) is 8.78 Å².